The summed E-state index contributed by atoms with van der Waals surface area (Å²) in [6, 6.07) is 9.41. The first-order valence-corrected chi connectivity index (χ1v) is 9.83. The van der Waals surface area contributed by atoms with Gasteiger partial charge in [0.1, 0.15) is 15.0 Å². The number of nitrogens with one attached hydrogen (secondary N) is 1. The minimum atomic E-state index is -4.88. The van der Waals surface area contributed by atoms with Crippen LogP contribution >= 0.6 is 0 Å². The number of aromatic amines is 1. The molecule has 0 radical (unpaired) electrons. The van der Waals surface area contributed by atoms with Crippen LogP contribution in [0.4, 0.5) is 0 Å². The van der Waals surface area contributed by atoms with Crippen LogP contribution < -0.4 is 64.2 Å². The molecule has 0 unspecified atom stereocenters. The summed E-state index contributed by atoms with van der Waals surface area (Å²) in [6.45, 7) is 0. The Labute approximate surface area is 205 Å². The van der Waals surface area contributed by atoms with Crippen LogP contribution in [0.5, 0.6) is 6.01 Å². The average Bonchev–Trinajstić information content (AvgIpc) is 2.95. The molecule has 1 heterocycles. The first kappa shape index (κ1) is 25.3. The van der Waals surface area contributed by atoms with Crippen LogP contribution in [-0.2, 0) is 20.2 Å². The van der Waals surface area contributed by atoms with Crippen LogP contribution in [0.1, 0.15) is 0 Å². The first-order valence-electron chi connectivity index (χ1n) is 6.98. The number of imidazole rings is 1. The molecule has 0 fully saturated rings. The first-order chi connectivity index (χ1) is 12.1. The van der Waals surface area contributed by atoms with Crippen molar-refractivity contribution < 1.29 is 90.2 Å². The zero-order valence-electron chi connectivity index (χ0n) is 14.8. The van der Waals surface area contributed by atoms with E-state index in [2.05, 4.69) is 9.97 Å². The van der Waals surface area contributed by atoms with Crippen molar-refractivity contribution in [2.45, 2.75) is 9.79 Å². The van der Waals surface area contributed by atoms with Crippen molar-refractivity contribution in [2.75, 3.05) is 0 Å². The van der Waals surface area contributed by atoms with Crippen molar-refractivity contribution >= 4 is 20.2 Å². The third-order valence-electron chi connectivity index (χ3n) is 3.53. The summed E-state index contributed by atoms with van der Waals surface area (Å²) in [7, 11) is -9.52. The summed E-state index contributed by atoms with van der Waals surface area (Å²) in [5.41, 5.74) is -0.626. The molecule has 9 nitrogen and oxygen atoms in total. The molecule has 28 heavy (non-hydrogen) atoms. The van der Waals surface area contributed by atoms with Gasteiger partial charge in [-0.1, -0.05) is 36.4 Å². The Kier molecular flexibility index (Phi) is 8.49. The van der Waals surface area contributed by atoms with Gasteiger partial charge in [-0.2, -0.15) is 8.42 Å². The van der Waals surface area contributed by atoms with E-state index in [1.807, 2.05) is 0 Å². The van der Waals surface area contributed by atoms with Crippen LogP contribution in [0.15, 0.2) is 58.3 Å². The van der Waals surface area contributed by atoms with Crippen molar-refractivity contribution in [3.8, 4) is 28.5 Å². The monoisotopic (exact) mass is 440 g/mol. The average molecular weight is 440 g/mol. The molecule has 136 valence electrons. The van der Waals surface area contributed by atoms with Crippen molar-refractivity contribution in [2.24, 2.45) is 0 Å². The molecule has 13 heteroatoms. The molecular formula is C15H10N2Na2O7S2. The number of benzene rings is 2. The zero-order valence-corrected chi connectivity index (χ0v) is 20.4. The van der Waals surface area contributed by atoms with E-state index in [-0.39, 0.29) is 81.6 Å². The molecule has 0 aliphatic carbocycles. The maximum Gasteiger partial charge on any atom is 1.00 e. The molecule has 2 N–H and O–H groups in total. The Balaban J connectivity index is 0.00000196. The van der Waals surface area contributed by atoms with E-state index in [9.17, 15) is 31.0 Å². The third-order valence-corrected chi connectivity index (χ3v) is 5.33. The number of nitrogens with zero attached hydrogens (tertiary/aromatic N) is 1. The molecule has 0 bridgehead atoms. The SMILES string of the molecule is O=S(=O)([O-])c1ccccc1-c1nc([O-])[nH]c1-c1ccccc1S(=O)(=O)O.[Na+].[Na+]. The second-order valence-electron chi connectivity index (χ2n) is 5.19. The standard InChI is InChI=1S/C15H12N2O7S2.2Na/c18-15-16-13(9-5-1-3-7-11(9)25(19,20)21)14(17-15)10-6-2-4-8-12(10)26(22,23)24;;/h1-8H,(H2,16,17,18)(H,19,20,21)(H,22,23,24);;/q;2*+1/p-2. The van der Waals surface area contributed by atoms with Gasteiger partial charge in [-0.25, -0.2) is 13.4 Å². The van der Waals surface area contributed by atoms with Gasteiger partial charge in [0.2, 0.25) is 0 Å². The summed E-state index contributed by atoms with van der Waals surface area (Å²) < 4.78 is 67.1. The normalized spacial score (nSPS) is 11.4. The smallest absolute Gasteiger partial charge is 0.846 e. The molecule has 0 aliphatic heterocycles. The molecule has 3 aromatic rings. The van der Waals surface area contributed by atoms with E-state index < -0.39 is 36.0 Å². The number of hydrogen-bond donors (Lipinski definition) is 2. The van der Waals surface area contributed by atoms with Gasteiger partial charge in [0, 0.05) is 11.1 Å². The molecule has 0 aliphatic rings. The second kappa shape index (κ2) is 9.39. The van der Waals surface area contributed by atoms with E-state index in [1.54, 1.807) is 0 Å². The molecule has 0 saturated heterocycles. The predicted molar refractivity (Wildman–Crippen MR) is 86.7 cm³/mol. The van der Waals surface area contributed by atoms with E-state index in [0.717, 1.165) is 12.1 Å². The van der Waals surface area contributed by atoms with Gasteiger partial charge in [0.15, 0.2) is 0 Å². The Morgan fingerprint density at radius 2 is 1.36 bits per heavy atom. The molecule has 0 amide bonds. The maximum absolute atomic E-state index is 11.8. The summed E-state index contributed by atoms with van der Waals surface area (Å²) in [5, 5.41) is 11.8. The molecule has 1 aromatic heterocycles. The van der Waals surface area contributed by atoms with Gasteiger partial charge >= 0.3 is 59.1 Å². The van der Waals surface area contributed by atoms with Gasteiger partial charge in [-0.15, -0.1) is 0 Å². The number of hydrogen-bond acceptors (Lipinski definition) is 7. The van der Waals surface area contributed by atoms with Crippen LogP contribution in [-0.4, -0.2) is 35.9 Å². The van der Waals surface area contributed by atoms with Gasteiger partial charge in [0.05, 0.1) is 22.3 Å². The van der Waals surface area contributed by atoms with Crippen molar-refractivity contribution in [1.29, 1.82) is 0 Å². The number of aromatic nitrogens is 2. The molecule has 0 atom stereocenters. The van der Waals surface area contributed by atoms with Gasteiger partial charge in [-0.05, 0) is 12.1 Å². The van der Waals surface area contributed by atoms with Gasteiger partial charge in [-0.3, -0.25) is 4.55 Å². The van der Waals surface area contributed by atoms with E-state index in [1.165, 1.54) is 36.4 Å². The number of H-pyrrole nitrogens is 1. The van der Waals surface area contributed by atoms with Gasteiger partial charge in [0.25, 0.3) is 10.1 Å². The molecule has 0 spiro atoms. The van der Waals surface area contributed by atoms with Crippen molar-refractivity contribution in [1.82, 2.24) is 9.97 Å². The topological polar surface area (TPSA) is 163 Å². The third kappa shape index (κ3) is 5.25. The van der Waals surface area contributed by atoms with E-state index in [4.69, 9.17) is 0 Å². The zero-order chi connectivity index (χ0) is 19.1. The minimum absolute atomic E-state index is 0. The molecule has 2 aromatic carbocycles. The van der Waals surface area contributed by atoms with Gasteiger partial charge < -0.3 is 14.6 Å². The Morgan fingerprint density at radius 3 is 1.89 bits per heavy atom. The summed E-state index contributed by atoms with van der Waals surface area (Å²) >= 11 is 0. The van der Waals surface area contributed by atoms with Crippen molar-refractivity contribution in [3.63, 3.8) is 0 Å². The molecule has 0 saturated carbocycles. The summed E-state index contributed by atoms with van der Waals surface area (Å²) in [4.78, 5) is 4.85. The number of rotatable bonds is 4. The predicted octanol–water partition coefficient (Wildman–Crippen LogP) is -5.02. The fourth-order valence-corrected chi connectivity index (χ4v) is 3.90. The van der Waals surface area contributed by atoms with Crippen LogP contribution in [0.25, 0.3) is 22.5 Å². The summed E-state index contributed by atoms with van der Waals surface area (Å²) in [5.74, 6) is 0. The van der Waals surface area contributed by atoms with E-state index in [0.29, 0.717) is 0 Å². The quantitative estimate of drug-likeness (QED) is 0.301. The van der Waals surface area contributed by atoms with Crippen LogP contribution in [0, 0.1) is 0 Å². The van der Waals surface area contributed by atoms with Crippen LogP contribution in [0.2, 0.25) is 0 Å². The summed E-state index contributed by atoms with van der Waals surface area (Å²) in [6.07, 6.45) is 0. The Bertz CT molecular complexity index is 1120. The Morgan fingerprint density at radius 1 is 0.857 bits per heavy atom. The maximum atomic E-state index is 11.8. The molecule has 3 rings (SSSR count). The van der Waals surface area contributed by atoms with Crippen molar-refractivity contribution in [3.05, 3.63) is 48.5 Å². The minimum Gasteiger partial charge on any atom is -0.846 e. The van der Waals surface area contributed by atoms with Crippen LogP contribution in [0.3, 0.4) is 0 Å². The van der Waals surface area contributed by atoms with E-state index >= 15 is 0 Å². The Hall–Kier alpha value is -0.730. The fraction of sp³-hybridized carbons (Fsp3) is 0. The fourth-order valence-electron chi connectivity index (χ4n) is 2.52. The second-order valence-corrected chi connectivity index (χ2v) is 7.93. The molecular weight excluding hydrogens is 430 g/mol. The largest absolute Gasteiger partial charge is 1.00 e.